The number of carbonyl (C=O) groups is 1. The highest BCUT2D eigenvalue weighted by Gasteiger charge is 2.22. The molecule has 0 saturated carbocycles. The van der Waals surface area contributed by atoms with Crippen LogP contribution in [0.1, 0.15) is 6.92 Å². The largest absolute Gasteiger partial charge is 0.497 e. The molecule has 33 heavy (non-hydrogen) atoms. The van der Waals surface area contributed by atoms with E-state index in [0.717, 1.165) is 16.1 Å². The summed E-state index contributed by atoms with van der Waals surface area (Å²) >= 11 is 1.08. The Labute approximate surface area is 196 Å². The lowest BCUT2D eigenvalue weighted by Gasteiger charge is -2.14. The van der Waals surface area contributed by atoms with Gasteiger partial charge in [0, 0.05) is 25.8 Å². The molecule has 0 fully saturated rings. The lowest BCUT2D eigenvalue weighted by Crippen LogP contribution is -2.24. The lowest BCUT2D eigenvalue weighted by atomic mass is 10.2. The predicted octanol–water partition coefficient (Wildman–Crippen LogP) is 3.12. The van der Waals surface area contributed by atoms with Gasteiger partial charge in [0.2, 0.25) is 15.9 Å². The van der Waals surface area contributed by atoms with Crippen molar-refractivity contribution in [2.75, 3.05) is 33.6 Å². The third-order valence-electron chi connectivity index (χ3n) is 4.57. The van der Waals surface area contributed by atoms with Crippen molar-refractivity contribution in [3.63, 3.8) is 0 Å². The number of aromatic nitrogens is 2. The molecule has 1 amide bonds. The molecule has 0 bridgehead atoms. The van der Waals surface area contributed by atoms with Crippen LogP contribution in [-0.4, -0.2) is 62.4 Å². The second kappa shape index (κ2) is 10.2. The van der Waals surface area contributed by atoms with E-state index in [0.29, 0.717) is 22.7 Å². The number of benzene rings is 2. The molecule has 0 aliphatic heterocycles. The van der Waals surface area contributed by atoms with Gasteiger partial charge < -0.3 is 19.2 Å². The molecule has 0 unspecified atom stereocenters. The molecule has 176 valence electrons. The van der Waals surface area contributed by atoms with Crippen LogP contribution in [0.15, 0.2) is 57.0 Å². The van der Waals surface area contributed by atoms with Crippen LogP contribution in [0.4, 0.5) is 5.69 Å². The second-order valence-electron chi connectivity index (χ2n) is 7.00. The van der Waals surface area contributed by atoms with Crippen molar-refractivity contribution >= 4 is 33.4 Å². The maximum atomic E-state index is 12.6. The fourth-order valence-corrected chi connectivity index (χ4v) is 4.37. The smallest absolute Gasteiger partial charge is 0.277 e. The molecule has 1 heterocycles. The molecule has 0 spiro atoms. The number of methoxy groups -OCH3 is 2. The van der Waals surface area contributed by atoms with Crippen molar-refractivity contribution in [3.8, 4) is 23.0 Å². The van der Waals surface area contributed by atoms with Crippen molar-refractivity contribution in [1.29, 1.82) is 0 Å². The summed E-state index contributed by atoms with van der Waals surface area (Å²) in [5, 5.41) is 10.4. The summed E-state index contributed by atoms with van der Waals surface area (Å²) in [6, 6.07) is 11.2. The number of ether oxygens (including phenoxy) is 2. The maximum absolute atomic E-state index is 12.6. The predicted molar refractivity (Wildman–Crippen MR) is 124 cm³/mol. The van der Waals surface area contributed by atoms with Gasteiger partial charge in [0.05, 0.1) is 29.9 Å². The van der Waals surface area contributed by atoms with Crippen molar-refractivity contribution < 1.29 is 27.1 Å². The first-order valence-corrected chi connectivity index (χ1v) is 12.0. The molecule has 10 nitrogen and oxygen atoms in total. The highest BCUT2D eigenvalue weighted by Crippen LogP contribution is 2.34. The zero-order chi connectivity index (χ0) is 24.2. The lowest BCUT2D eigenvalue weighted by molar-refractivity contribution is -0.115. The zero-order valence-corrected chi connectivity index (χ0v) is 20.4. The van der Waals surface area contributed by atoms with E-state index in [2.05, 4.69) is 15.5 Å². The molecule has 1 N–H and O–H groups in total. The highest BCUT2D eigenvalue weighted by atomic mass is 32.2. The summed E-state index contributed by atoms with van der Waals surface area (Å²) in [6.07, 6.45) is 0. The van der Waals surface area contributed by atoms with Crippen molar-refractivity contribution in [3.05, 3.63) is 42.5 Å². The number of anilines is 1. The van der Waals surface area contributed by atoms with E-state index in [9.17, 15) is 13.2 Å². The van der Waals surface area contributed by atoms with E-state index in [1.165, 1.54) is 33.3 Å². The fourth-order valence-electron chi connectivity index (χ4n) is 2.74. The van der Waals surface area contributed by atoms with Crippen LogP contribution < -0.4 is 14.8 Å². The van der Waals surface area contributed by atoms with Gasteiger partial charge in [-0.2, -0.15) is 0 Å². The topological polar surface area (TPSA) is 124 Å². The van der Waals surface area contributed by atoms with Crippen molar-refractivity contribution in [2.45, 2.75) is 22.3 Å². The Hall–Kier alpha value is -3.09. The Kier molecular flexibility index (Phi) is 7.61. The molecule has 0 aliphatic carbocycles. The number of hydrogen-bond acceptors (Lipinski definition) is 9. The summed E-state index contributed by atoms with van der Waals surface area (Å²) < 4.78 is 42.0. The Morgan fingerprint density at radius 1 is 1.12 bits per heavy atom. The molecule has 0 saturated heterocycles. The van der Waals surface area contributed by atoms with Crippen LogP contribution in [0.3, 0.4) is 0 Å². The molecule has 1 atom stereocenters. The molecule has 3 rings (SSSR count). The molecule has 1 aromatic heterocycles. The van der Waals surface area contributed by atoms with Crippen LogP contribution in [0.2, 0.25) is 0 Å². The third-order valence-corrected chi connectivity index (χ3v) is 7.32. The minimum absolute atomic E-state index is 0.0839. The average Bonchev–Trinajstić information content (AvgIpc) is 3.26. The first-order chi connectivity index (χ1) is 15.6. The summed E-state index contributed by atoms with van der Waals surface area (Å²) in [6.45, 7) is 1.68. The third kappa shape index (κ3) is 5.64. The molecule has 12 heteroatoms. The number of hydrogen-bond donors (Lipinski definition) is 1. The Morgan fingerprint density at radius 3 is 2.55 bits per heavy atom. The van der Waals surface area contributed by atoms with Gasteiger partial charge in [-0.3, -0.25) is 4.79 Å². The maximum Gasteiger partial charge on any atom is 0.277 e. The SMILES string of the molecule is COc1ccc(-c2nnc(S[C@H](C)C(=O)Nc3cccc(S(=O)(=O)N(C)C)c3)o2)c(OC)c1. The van der Waals surface area contributed by atoms with E-state index in [1.54, 1.807) is 44.4 Å². The van der Waals surface area contributed by atoms with Gasteiger partial charge in [-0.05, 0) is 37.3 Å². The molecule has 0 aliphatic rings. The number of carbonyl (C=O) groups excluding carboxylic acids is 1. The van der Waals surface area contributed by atoms with Gasteiger partial charge in [-0.1, -0.05) is 17.8 Å². The minimum Gasteiger partial charge on any atom is -0.497 e. The van der Waals surface area contributed by atoms with Gasteiger partial charge in [0.25, 0.3) is 11.1 Å². The summed E-state index contributed by atoms with van der Waals surface area (Å²) in [5.74, 6) is 1.03. The van der Waals surface area contributed by atoms with Crippen LogP contribution in [0.5, 0.6) is 11.5 Å². The molecular weight excluding hydrogens is 468 g/mol. The number of nitrogens with zero attached hydrogens (tertiary/aromatic N) is 3. The fraction of sp³-hybridized carbons (Fsp3) is 0.286. The summed E-state index contributed by atoms with van der Waals surface area (Å²) in [4.78, 5) is 12.7. The molecule has 3 aromatic rings. The van der Waals surface area contributed by atoms with E-state index < -0.39 is 15.3 Å². The summed E-state index contributed by atoms with van der Waals surface area (Å²) in [5.41, 5.74) is 0.957. The standard InChI is InChI=1S/C21H24N4O6S2/c1-13(19(26)22-14-7-6-8-16(11-14)33(27,28)25(2)3)32-21-24-23-20(31-21)17-10-9-15(29-4)12-18(17)30-5/h6-13H,1-5H3,(H,22,26)/t13-/m1/s1. The van der Waals surface area contributed by atoms with E-state index >= 15 is 0 Å². The van der Waals surface area contributed by atoms with E-state index in [4.69, 9.17) is 13.9 Å². The second-order valence-corrected chi connectivity index (χ2v) is 10.4. The normalized spacial score (nSPS) is 12.4. The Bertz CT molecular complexity index is 1240. The van der Waals surface area contributed by atoms with Gasteiger partial charge >= 0.3 is 0 Å². The first-order valence-electron chi connectivity index (χ1n) is 9.71. The van der Waals surface area contributed by atoms with Gasteiger partial charge in [0.15, 0.2) is 0 Å². The van der Waals surface area contributed by atoms with Gasteiger partial charge in [-0.15, -0.1) is 10.2 Å². The molecular formula is C21H24N4O6S2. The van der Waals surface area contributed by atoms with Crippen molar-refractivity contribution in [2.24, 2.45) is 0 Å². The number of nitrogens with one attached hydrogen (secondary N) is 1. The van der Waals surface area contributed by atoms with Crippen LogP contribution in [0, 0.1) is 0 Å². The van der Waals surface area contributed by atoms with Crippen LogP contribution in [0.25, 0.3) is 11.5 Å². The monoisotopic (exact) mass is 492 g/mol. The van der Waals surface area contributed by atoms with Gasteiger partial charge in [-0.25, -0.2) is 12.7 Å². The van der Waals surface area contributed by atoms with Crippen LogP contribution in [-0.2, 0) is 14.8 Å². The number of sulfonamides is 1. The first kappa shape index (κ1) is 24.6. The van der Waals surface area contributed by atoms with Crippen molar-refractivity contribution in [1.82, 2.24) is 14.5 Å². The zero-order valence-electron chi connectivity index (χ0n) is 18.7. The minimum atomic E-state index is -3.61. The average molecular weight is 493 g/mol. The quantitative estimate of drug-likeness (QED) is 0.449. The Morgan fingerprint density at radius 2 is 1.88 bits per heavy atom. The molecule has 2 aromatic carbocycles. The van der Waals surface area contributed by atoms with E-state index in [-0.39, 0.29) is 21.9 Å². The van der Waals surface area contributed by atoms with E-state index in [1.807, 2.05) is 0 Å². The Balaban J connectivity index is 1.70. The highest BCUT2D eigenvalue weighted by molar-refractivity contribution is 8.00. The number of rotatable bonds is 9. The molecule has 0 radical (unpaired) electrons. The summed E-state index contributed by atoms with van der Waals surface area (Å²) in [7, 11) is 2.35. The van der Waals surface area contributed by atoms with Crippen LogP contribution >= 0.6 is 11.8 Å². The van der Waals surface area contributed by atoms with Gasteiger partial charge in [0.1, 0.15) is 11.5 Å². The number of thioether (sulfide) groups is 1. The number of amides is 1.